The minimum atomic E-state index is -0.109. The molecule has 0 aliphatic carbocycles. The average molecular weight is 385 g/mol. The number of carbonyl (C=O) groups is 2. The average Bonchev–Trinajstić information content (AvgIpc) is 3.20. The van der Waals surface area contributed by atoms with Crippen LogP contribution in [-0.4, -0.2) is 18.4 Å². The van der Waals surface area contributed by atoms with Crippen molar-refractivity contribution in [2.75, 3.05) is 16.5 Å². The predicted molar refractivity (Wildman–Crippen MR) is 115 cm³/mol. The molecule has 0 spiro atoms. The van der Waals surface area contributed by atoms with E-state index in [9.17, 15) is 9.59 Å². The van der Waals surface area contributed by atoms with Crippen molar-refractivity contribution < 1.29 is 9.59 Å². The minimum Gasteiger partial charge on any atom is -0.312 e. The Bertz CT molecular complexity index is 933. The standard InChI is InChI=1S/C24H23N3O2/c28-23(18-19-13-15-20(16-14-19)26-17-7-12-24(26)29)25-27(21-8-3-1-4-9-21)22-10-5-2-6-11-22/h1-6,8-11,13-16H,7,12,17-18H2,(H,25,28). The Balaban J connectivity index is 1.46. The van der Waals surface area contributed by atoms with Gasteiger partial charge in [0.25, 0.3) is 0 Å². The number of hydrazine groups is 1. The van der Waals surface area contributed by atoms with Gasteiger partial charge in [-0.05, 0) is 48.4 Å². The van der Waals surface area contributed by atoms with E-state index < -0.39 is 0 Å². The van der Waals surface area contributed by atoms with Crippen LogP contribution in [0.4, 0.5) is 17.1 Å². The first-order valence-electron chi connectivity index (χ1n) is 9.80. The lowest BCUT2D eigenvalue weighted by Crippen LogP contribution is -2.39. The SMILES string of the molecule is O=C(Cc1ccc(N2CCCC2=O)cc1)NN(c1ccccc1)c1ccccc1. The van der Waals surface area contributed by atoms with Gasteiger partial charge in [-0.2, -0.15) is 0 Å². The summed E-state index contributed by atoms with van der Waals surface area (Å²) in [5.74, 6) is 0.0552. The molecule has 146 valence electrons. The fourth-order valence-electron chi connectivity index (χ4n) is 3.50. The zero-order valence-corrected chi connectivity index (χ0v) is 16.1. The molecule has 5 nitrogen and oxygen atoms in total. The smallest absolute Gasteiger partial charge is 0.243 e. The molecule has 1 N–H and O–H groups in total. The quantitative estimate of drug-likeness (QED) is 0.646. The van der Waals surface area contributed by atoms with Crippen molar-refractivity contribution >= 4 is 28.9 Å². The predicted octanol–water partition coefficient (Wildman–Crippen LogP) is 4.23. The topological polar surface area (TPSA) is 52.7 Å². The summed E-state index contributed by atoms with van der Waals surface area (Å²) in [4.78, 5) is 26.4. The van der Waals surface area contributed by atoms with Gasteiger partial charge >= 0.3 is 0 Å². The second kappa shape index (κ2) is 8.61. The minimum absolute atomic E-state index is 0.109. The molecule has 0 bridgehead atoms. The van der Waals surface area contributed by atoms with Crippen LogP contribution in [0.1, 0.15) is 18.4 Å². The highest BCUT2D eigenvalue weighted by Crippen LogP contribution is 2.24. The lowest BCUT2D eigenvalue weighted by Gasteiger charge is -2.25. The number of amides is 2. The Morgan fingerprint density at radius 3 is 1.97 bits per heavy atom. The molecule has 0 radical (unpaired) electrons. The van der Waals surface area contributed by atoms with E-state index in [4.69, 9.17) is 0 Å². The van der Waals surface area contributed by atoms with Crippen LogP contribution in [0.15, 0.2) is 84.9 Å². The van der Waals surface area contributed by atoms with Crippen molar-refractivity contribution in [2.45, 2.75) is 19.3 Å². The number of rotatable bonds is 6. The van der Waals surface area contributed by atoms with E-state index in [1.54, 1.807) is 9.91 Å². The van der Waals surface area contributed by atoms with Gasteiger partial charge in [-0.15, -0.1) is 0 Å². The van der Waals surface area contributed by atoms with Crippen LogP contribution < -0.4 is 15.3 Å². The normalized spacial score (nSPS) is 13.4. The number of para-hydroxylation sites is 2. The molecular weight excluding hydrogens is 362 g/mol. The van der Waals surface area contributed by atoms with Crippen LogP contribution in [0.3, 0.4) is 0 Å². The molecule has 0 saturated carbocycles. The van der Waals surface area contributed by atoms with E-state index in [2.05, 4.69) is 5.43 Å². The molecular formula is C24H23N3O2. The first-order valence-corrected chi connectivity index (χ1v) is 9.80. The Morgan fingerprint density at radius 2 is 1.45 bits per heavy atom. The molecule has 2 amide bonds. The number of hydrogen-bond acceptors (Lipinski definition) is 3. The van der Waals surface area contributed by atoms with E-state index in [1.807, 2.05) is 84.9 Å². The zero-order chi connectivity index (χ0) is 20.1. The summed E-state index contributed by atoms with van der Waals surface area (Å²) in [6, 6.07) is 27.1. The Morgan fingerprint density at radius 1 is 0.862 bits per heavy atom. The number of nitrogens with one attached hydrogen (secondary N) is 1. The largest absolute Gasteiger partial charge is 0.312 e. The number of carbonyl (C=O) groups excluding carboxylic acids is 2. The molecule has 5 heteroatoms. The van der Waals surface area contributed by atoms with Crippen molar-refractivity contribution in [1.82, 2.24) is 5.43 Å². The fraction of sp³-hybridized carbons (Fsp3) is 0.167. The van der Waals surface area contributed by atoms with Gasteiger partial charge in [0, 0.05) is 18.7 Å². The summed E-state index contributed by atoms with van der Waals surface area (Å²) in [5.41, 5.74) is 6.57. The van der Waals surface area contributed by atoms with Gasteiger partial charge in [-0.1, -0.05) is 48.5 Å². The van der Waals surface area contributed by atoms with Crippen molar-refractivity contribution in [1.29, 1.82) is 0 Å². The maximum Gasteiger partial charge on any atom is 0.243 e. The van der Waals surface area contributed by atoms with Crippen molar-refractivity contribution in [2.24, 2.45) is 0 Å². The van der Waals surface area contributed by atoms with Crippen LogP contribution in [0.5, 0.6) is 0 Å². The lowest BCUT2D eigenvalue weighted by atomic mass is 10.1. The molecule has 1 heterocycles. The van der Waals surface area contributed by atoms with Crippen LogP contribution in [-0.2, 0) is 16.0 Å². The third kappa shape index (κ3) is 4.46. The first kappa shape index (κ1) is 18.7. The molecule has 3 aromatic rings. The maximum absolute atomic E-state index is 12.7. The van der Waals surface area contributed by atoms with E-state index in [-0.39, 0.29) is 18.2 Å². The van der Waals surface area contributed by atoms with Crippen LogP contribution in [0.2, 0.25) is 0 Å². The maximum atomic E-state index is 12.7. The molecule has 1 saturated heterocycles. The van der Waals surface area contributed by atoms with E-state index in [1.165, 1.54) is 0 Å². The highest BCUT2D eigenvalue weighted by Gasteiger charge is 2.21. The molecule has 1 aliphatic rings. The summed E-state index contributed by atoms with van der Waals surface area (Å²) in [6.45, 7) is 0.766. The molecule has 0 aromatic heterocycles. The molecule has 1 aliphatic heterocycles. The number of benzene rings is 3. The number of hydrogen-bond donors (Lipinski definition) is 1. The number of anilines is 3. The zero-order valence-electron chi connectivity index (χ0n) is 16.1. The van der Waals surface area contributed by atoms with Gasteiger partial charge in [0.15, 0.2) is 0 Å². The van der Waals surface area contributed by atoms with Crippen LogP contribution in [0, 0.1) is 0 Å². The van der Waals surface area contributed by atoms with Crippen molar-refractivity contribution in [3.05, 3.63) is 90.5 Å². The monoisotopic (exact) mass is 385 g/mol. The molecule has 29 heavy (non-hydrogen) atoms. The molecule has 0 atom stereocenters. The van der Waals surface area contributed by atoms with Crippen LogP contribution >= 0.6 is 0 Å². The number of nitrogens with zero attached hydrogens (tertiary/aromatic N) is 2. The van der Waals surface area contributed by atoms with Crippen molar-refractivity contribution in [3.8, 4) is 0 Å². The fourth-order valence-corrected chi connectivity index (χ4v) is 3.50. The van der Waals surface area contributed by atoms with E-state index in [0.29, 0.717) is 6.42 Å². The second-order valence-electron chi connectivity index (χ2n) is 7.03. The third-order valence-electron chi connectivity index (χ3n) is 4.95. The van der Waals surface area contributed by atoms with Crippen molar-refractivity contribution in [3.63, 3.8) is 0 Å². The highest BCUT2D eigenvalue weighted by atomic mass is 16.2. The third-order valence-corrected chi connectivity index (χ3v) is 4.95. The Labute approximate surface area is 170 Å². The summed E-state index contributed by atoms with van der Waals surface area (Å²) < 4.78 is 0. The molecule has 3 aromatic carbocycles. The first-order chi connectivity index (χ1) is 14.2. The summed E-state index contributed by atoms with van der Waals surface area (Å²) in [6.07, 6.45) is 1.77. The van der Waals surface area contributed by atoms with Gasteiger partial charge in [-0.25, -0.2) is 0 Å². The summed E-state index contributed by atoms with van der Waals surface area (Å²) in [7, 11) is 0. The second-order valence-corrected chi connectivity index (χ2v) is 7.03. The lowest BCUT2D eigenvalue weighted by molar-refractivity contribution is -0.120. The summed E-state index contributed by atoms with van der Waals surface area (Å²) in [5, 5.41) is 1.79. The van der Waals surface area contributed by atoms with Gasteiger partial charge < -0.3 is 4.90 Å². The highest BCUT2D eigenvalue weighted by molar-refractivity contribution is 5.95. The molecule has 1 fully saturated rings. The van der Waals surface area contributed by atoms with Crippen LogP contribution in [0.25, 0.3) is 0 Å². The Kier molecular flexibility index (Phi) is 5.56. The summed E-state index contributed by atoms with van der Waals surface area (Å²) >= 11 is 0. The van der Waals surface area contributed by atoms with Gasteiger partial charge in [0.2, 0.25) is 11.8 Å². The molecule has 0 unspecified atom stereocenters. The Hall–Kier alpha value is -3.60. The van der Waals surface area contributed by atoms with Gasteiger partial charge in [0.05, 0.1) is 17.8 Å². The van der Waals surface area contributed by atoms with Gasteiger partial charge in [-0.3, -0.25) is 20.0 Å². The molecule has 4 rings (SSSR count). The van der Waals surface area contributed by atoms with Gasteiger partial charge in [0.1, 0.15) is 0 Å². The van der Waals surface area contributed by atoms with E-state index >= 15 is 0 Å². The van der Waals surface area contributed by atoms with E-state index in [0.717, 1.165) is 35.6 Å².